The molecule has 13 nitrogen and oxygen atoms in total. The van der Waals surface area contributed by atoms with Gasteiger partial charge >= 0.3 is 12.1 Å². The van der Waals surface area contributed by atoms with Crippen LogP contribution in [-0.2, 0) is 40.1 Å². The molecule has 4 fully saturated rings. The number of esters is 1. The van der Waals surface area contributed by atoms with E-state index in [2.05, 4.69) is 10.6 Å². The molecular formula is C31H41N5O8. The highest BCUT2D eigenvalue weighted by molar-refractivity contribution is 5.96. The summed E-state index contributed by atoms with van der Waals surface area (Å²) in [7, 11) is 0. The van der Waals surface area contributed by atoms with Crippen LogP contribution in [0.4, 0.5) is 4.79 Å². The fourth-order valence-corrected chi connectivity index (χ4v) is 6.57. The van der Waals surface area contributed by atoms with E-state index < -0.39 is 66.6 Å². The molecule has 0 aliphatic carbocycles. The van der Waals surface area contributed by atoms with Crippen molar-refractivity contribution in [3.8, 4) is 0 Å². The molecule has 0 radical (unpaired) electrons. The van der Waals surface area contributed by atoms with Crippen molar-refractivity contribution in [3.05, 3.63) is 35.9 Å². The molecule has 1 aromatic rings. The van der Waals surface area contributed by atoms with Gasteiger partial charge in [-0.05, 0) is 56.9 Å². The van der Waals surface area contributed by atoms with Crippen molar-refractivity contribution < 1.29 is 38.2 Å². The van der Waals surface area contributed by atoms with Crippen molar-refractivity contribution in [1.29, 1.82) is 0 Å². The van der Waals surface area contributed by atoms with Crippen LogP contribution in [0.15, 0.2) is 30.3 Å². The van der Waals surface area contributed by atoms with Crippen LogP contribution >= 0.6 is 0 Å². The largest absolute Gasteiger partial charge is 0.461 e. The van der Waals surface area contributed by atoms with Gasteiger partial charge in [0, 0.05) is 19.6 Å². The summed E-state index contributed by atoms with van der Waals surface area (Å²) >= 11 is 0. The standard InChI is InChI=1S/C31H41N5O8/c1-19-12-15-36-25(16-19)26(37)32-20(2)27(38)35-14-7-11-24(35)30(41)43-18-22(28(39)34-13-6-10-23(34)29(36)40)33-31(42)44-17-21-8-4-3-5-9-21/h3-5,8-9,19-20,22-25H,6-7,10-18H2,1-2H3,(H,32,37)(H,33,42)/t19?,20-,22-,23-,24-,25-/m0/s1. The summed E-state index contributed by atoms with van der Waals surface area (Å²) in [5, 5.41) is 5.32. The Morgan fingerprint density at radius 1 is 0.864 bits per heavy atom. The normalized spacial score (nSPS) is 30.2. The van der Waals surface area contributed by atoms with Crippen molar-refractivity contribution in [2.24, 2.45) is 5.92 Å². The minimum Gasteiger partial charge on any atom is -0.461 e. The van der Waals surface area contributed by atoms with Gasteiger partial charge in [-0.2, -0.15) is 0 Å². The highest BCUT2D eigenvalue weighted by Crippen LogP contribution is 2.28. The molecule has 13 heteroatoms. The van der Waals surface area contributed by atoms with Crippen molar-refractivity contribution in [3.63, 3.8) is 0 Å². The van der Waals surface area contributed by atoms with Gasteiger partial charge in [-0.25, -0.2) is 9.59 Å². The Balaban J connectivity index is 1.42. The molecule has 4 aliphatic rings. The molecular weight excluding hydrogens is 570 g/mol. The first-order valence-electron chi connectivity index (χ1n) is 15.5. The molecule has 0 spiro atoms. The number of nitrogens with one attached hydrogen (secondary N) is 2. The van der Waals surface area contributed by atoms with Crippen LogP contribution in [0.5, 0.6) is 0 Å². The lowest BCUT2D eigenvalue weighted by atomic mass is 9.91. The Labute approximate surface area is 256 Å². The van der Waals surface area contributed by atoms with Crippen LogP contribution in [0.3, 0.4) is 0 Å². The number of ether oxygens (including phenoxy) is 2. The number of fused-ring (bicyclic) bond motifs is 3. The van der Waals surface area contributed by atoms with E-state index in [1.54, 1.807) is 31.2 Å². The number of nitrogens with zero attached hydrogens (tertiary/aromatic N) is 3. The second-order valence-electron chi connectivity index (χ2n) is 12.2. The summed E-state index contributed by atoms with van der Waals surface area (Å²) in [4.78, 5) is 85.2. The van der Waals surface area contributed by atoms with Crippen molar-refractivity contribution >= 4 is 35.7 Å². The zero-order chi connectivity index (χ0) is 31.4. The fraction of sp³-hybridized carbons (Fsp3) is 0.613. The summed E-state index contributed by atoms with van der Waals surface area (Å²) in [5.74, 6) is -2.33. The SMILES string of the molecule is CC1CCN2C(=O)[C@@H]3CCCN3C(=O)[C@@H](NC(=O)OCc3ccccc3)COC(=O)[C@@H]3CCCN3C(=O)[C@H](C)NC(=O)[C@@H]2C1. The second kappa shape index (κ2) is 13.6. The van der Waals surface area contributed by atoms with Crippen LogP contribution in [-0.4, -0.2) is 107 Å². The number of carbonyl (C=O) groups excluding carboxylic acids is 6. The number of carbonyl (C=O) groups is 6. The number of rotatable bonds is 3. The van der Waals surface area contributed by atoms with E-state index in [1.807, 2.05) is 13.0 Å². The maximum absolute atomic E-state index is 14.0. The summed E-state index contributed by atoms with van der Waals surface area (Å²) < 4.78 is 10.9. The maximum Gasteiger partial charge on any atom is 0.408 e. The maximum atomic E-state index is 14.0. The third-order valence-electron chi connectivity index (χ3n) is 9.00. The van der Waals surface area contributed by atoms with Gasteiger partial charge in [-0.15, -0.1) is 0 Å². The van der Waals surface area contributed by atoms with Gasteiger partial charge in [-0.3, -0.25) is 19.2 Å². The summed E-state index contributed by atoms with van der Waals surface area (Å²) in [6, 6.07) is 4.25. The third-order valence-corrected chi connectivity index (χ3v) is 9.00. The Kier molecular flexibility index (Phi) is 9.70. The lowest BCUT2D eigenvalue weighted by Gasteiger charge is -2.41. The number of piperidine rings is 1. The van der Waals surface area contributed by atoms with Crippen LogP contribution in [0.2, 0.25) is 0 Å². The highest BCUT2D eigenvalue weighted by atomic mass is 16.6. The van der Waals surface area contributed by atoms with E-state index in [1.165, 1.54) is 14.7 Å². The molecule has 0 saturated carbocycles. The van der Waals surface area contributed by atoms with E-state index in [4.69, 9.17) is 9.47 Å². The summed E-state index contributed by atoms with van der Waals surface area (Å²) in [5.41, 5.74) is 0.748. The Morgan fingerprint density at radius 2 is 1.52 bits per heavy atom. The molecule has 5 rings (SSSR count). The second-order valence-corrected chi connectivity index (χ2v) is 12.2. The minimum atomic E-state index is -1.33. The molecule has 2 N–H and O–H groups in total. The monoisotopic (exact) mass is 611 g/mol. The number of hydrogen-bond donors (Lipinski definition) is 2. The zero-order valence-electron chi connectivity index (χ0n) is 25.2. The summed E-state index contributed by atoms with van der Waals surface area (Å²) in [6.45, 7) is 3.98. The molecule has 1 unspecified atom stereocenters. The first-order valence-corrected chi connectivity index (χ1v) is 15.5. The van der Waals surface area contributed by atoms with Crippen LogP contribution in [0.25, 0.3) is 0 Å². The van der Waals surface area contributed by atoms with Crippen molar-refractivity contribution in [1.82, 2.24) is 25.3 Å². The van der Waals surface area contributed by atoms with E-state index in [-0.39, 0.29) is 25.0 Å². The molecule has 44 heavy (non-hydrogen) atoms. The quantitative estimate of drug-likeness (QED) is 0.479. The molecule has 4 saturated heterocycles. The number of benzene rings is 1. The number of alkyl carbamates (subject to hydrolysis) is 1. The van der Waals surface area contributed by atoms with E-state index >= 15 is 0 Å². The fourth-order valence-electron chi connectivity index (χ4n) is 6.57. The molecule has 238 valence electrons. The smallest absolute Gasteiger partial charge is 0.408 e. The van der Waals surface area contributed by atoms with Crippen molar-refractivity contribution in [2.45, 2.75) is 89.2 Å². The van der Waals surface area contributed by atoms with Gasteiger partial charge in [-0.1, -0.05) is 37.3 Å². The number of hydrogen-bond acceptors (Lipinski definition) is 8. The predicted octanol–water partition coefficient (Wildman–Crippen LogP) is 0.952. The Bertz CT molecular complexity index is 1270. The molecule has 0 aromatic heterocycles. The van der Waals surface area contributed by atoms with Gasteiger partial charge < -0.3 is 34.8 Å². The van der Waals surface area contributed by atoms with E-state index in [9.17, 15) is 28.8 Å². The molecule has 1 aromatic carbocycles. The first-order chi connectivity index (χ1) is 21.1. The van der Waals surface area contributed by atoms with Gasteiger partial charge in [0.25, 0.3) is 0 Å². The van der Waals surface area contributed by atoms with Gasteiger partial charge in [0.1, 0.15) is 43.4 Å². The Hall–Kier alpha value is -4.16. The first kappa shape index (κ1) is 31.3. The van der Waals surface area contributed by atoms with Gasteiger partial charge in [0.05, 0.1) is 0 Å². The molecule has 6 atom stereocenters. The lowest BCUT2D eigenvalue weighted by molar-refractivity contribution is -0.158. The predicted molar refractivity (Wildman–Crippen MR) is 155 cm³/mol. The molecule has 4 heterocycles. The lowest BCUT2D eigenvalue weighted by Crippen LogP contribution is -2.61. The number of cyclic esters (lactones) is 1. The average molecular weight is 612 g/mol. The van der Waals surface area contributed by atoms with E-state index in [0.717, 1.165) is 5.56 Å². The van der Waals surface area contributed by atoms with Gasteiger partial charge in [0.15, 0.2) is 0 Å². The minimum absolute atomic E-state index is 0.0354. The molecule has 4 aliphatic heterocycles. The zero-order valence-corrected chi connectivity index (χ0v) is 25.2. The van der Waals surface area contributed by atoms with Crippen LogP contribution in [0.1, 0.15) is 57.9 Å². The van der Waals surface area contributed by atoms with E-state index in [0.29, 0.717) is 51.6 Å². The van der Waals surface area contributed by atoms with Crippen molar-refractivity contribution in [2.75, 3.05) is 26.2 Å². The number of amides is 5. The van der Waals surface area contributed by atoms with Crippen LogP contribution < -0.4 is 10.6 Å². The molecule has 5 amide bonds. The van der Waals surface area contributed by atoms with Gasteiger partial charge in [0.2, 0.25) is 23.6 Å². The van der Waals surface area contributed by atoms with Crippen LogP contribution in [0, 0.1) is 5.92 Å². The summed E-state index contributed by atoms with van der Waals surface area (Å²) in [6.07, 6.45) is 2.12. The Morgan fingerprint density at radius 3 is 2.25 bits per heavy atom. The average Bonchev–Trinajstić information content (AvgIpc) is 3.71. The highest BCUT2D eigenvalue weighted by Gasteiger charge is 2.45. The molecule has 0 bridgehead atoms. The topological polar surface area (TPSA) is 155 Å². The third kappa shape index (κ3) is 6.81.